The molecule has 5 nitrogen and oxygen atoms in total. The highest BCUT2D eigenvalue weighted by molar-refractivity contribution is 7.14. The van der Waals surface area contributed by atoms with E-state index in [9.17, 15) is 14.7 Å². The summed E-state index contributed by atoms with van der Waals surface area (Å²) in [5.41, 5.74) is -0.658. The number of Topliss-reactive ketones (excluding diaryl/α,β-unsaturated/α-hetero) is 1. The average Bonchev–Trinajstić information content (AvgIpc) is 2.76. The molecule has 0 aliphatic carbocycles. The Hall–Kier alpha value is -1.69. The molecule has 2 heterocycles. The lowest BCUT2D eigenvalue weighted by atomic mass is 10.0. The molecule has 0 bridgehead atoms. The highest BCUT2D eigenvalue weighted by atomic mass is 32.1. The fourth-order valence-electron chi connectivity index (χ4n) is 1.97. The Balaban J connectivity index is 2.28. The van der Waals surface area contributed by atoms with Gasteiger partial charge < -0.3 is 5.11 Å². The highest BCUT2D eigenvalue weighted by Gasteiger charge is 2.24. The number of hydrogen-bond acceptors (Lipinski definition) is 4. The predicted octanol–water partition coefficient (Wildman–Crippen LogP) is 1.89. The van der Waals surface area contributed by atoms with Crippen LogP contribution in [0.1, 0.15) is 43.5 Å². The zero-order valence-corrected chi connectivity index (χ0v) is 11.8. The van der Waals surface area contributed by atoms with Gasteiger partial charge in [-0.05, 0) is 12.3 Å². The molecule has 0 aliphatic heterocycles. The summed E-state index contributed by atoms with van der Waals surface area (Å²) < 4.78 is 1.42. The van der Waals surface area contributed by atoms with E-state index in [1.807, 2.05) is 0 Å². The first-order valence-electron chi connectivity index (χ1n) is 6.28. The van der Waals surface area contributed by atoms with Gasteiger partial charge in [-0.15, -0.1) is 0 Å². The van der Waals surface area contributed by atoms with Gasteiger partial charge in [0.05, 0.1) is 0 Å². The molecule has 0 amide bonds. The minimum absolute atomic E-state index is 0.139. The summed E-state index contributed by atoms with van der Waals surface area (Å²) in [6.07, 6.45) is 3.56. The molecule has 2 rings (SSSR count). The first-order chi connectivity index (χ1) is 9.00. The largest absolute Gasteiger partial charge is 0.477 e. The van der Waals surface area contributed by atoms with E-state index >= 15 is 0 Å². The summed E-state index contributed by atoms with van der Waals surface area (Å²) in [5.74, 6) is -0.0528. The molecule has 0 spiro atoms. The second-order valence-corrected chi connectivity index (χ2v) is 5.83. The lowest BCUT2D eigenvalue weighted by Crippen LogP contribution is -2.30. The van der Waals surface area contributed by atoms with Gasteiger partial charge in [-0.25, -0.2) is 4.79 Å². The number of carbonyl (C=O) groups excluding carboxylic acids is 1. The fraction of sp³-hybridized carbons (Fsp3) is 0.462. The molecular weight excluding hydrogens is 264 g/mol. The molecule has 0 saturated carbocycles. The summed E-state index contributed by atoms with van der Waals surface area (Å²) >= 11 is 1.29. The summed E-state index contributed by atoms with van der Waals surface area (Å²) in [6.45, 7) is 4.17. The van der Waals surface area contributed by atoms with Gasteiger partial charge in [-0.1, -0.05) is 31.6 Å². The zero-order chi connectivity index (χ0) is 14.0. The van der Waals surface area contributed by atoms with Crippen molar-refractivity contribution in [3.05, 3.63) is 27.5 Å². The molecule has 102 valence electrons. The Morgan fingerprint density at radius 2 is 2.26 bits per heavy atom. The number of thiazole rings is 1. The third-order valence-electron chi connectivity index (χ3n) is 2.97. The van der Waals surface area contributed by atoms with Gasteiger partial charge in [0.1, 0.15) is 6.20 Å². The van der Waals surface area contributed by atoms with E-state index in [0.29, 0.717) is 10.9 Å². The van der Waals surface area contributed by atoms with Crippen LogP contribution in [0.4, 0.5) is 0 Å². The van der Waals surface area contributed by atoms with Crippen molar-refractivity contribution in [2.45, 2.75) is 33.1 Å². The molecule has 0 saturated heterocycles. The molecule has 0 fully saturated rings. The number of aromatic amines is 1. The molecule has 2 aromatic rings. The maximum absolute atomic E-state index is 12.0. The SMILES string of the molecule is CC(C)CCCC(=O)c1c(O)[n+]2ccsc2[nH]c1=O. The van der Waals surface area contributed by atoms with Crippen LogP contribution in [0.3, 0.4) is 0 Å². The van der Waals surface area contributed by atoms with Crippen molar-refractivity contribution < 1.29 is 14.3 Å². The number of nitrogens with one attached hydrogen (secondary N) is 1. The molecule has 2 aromatic heterocycles. The standard InChI is InChI=1S/C13H16N2O3S/c1-8(2)4-3-5-9(16)10-11(17)14-13-15(12(10)18)6-7-19-13/h6-8H,3-5H2,1-2H3,(H,16,17,18)/p+1. The summed E-state index contributed by atoms with van der Waals surface area (Å²) in [7, 11) is 0. The predicted molar refractivity (Wildman–Crippen MR) is 72.8 cm³/mol. The van der Waals surface area contributed by atoms with Gasteiger partial charge in [-0.2, -0.15) is 9.38 Å². The number of rotatable bonds is 5. The van der Waals surface area contributed by atoms with Crippen molar-refractivity contribution in [2.24, 2.45) is 5.92 Å². The van der Waals surface area contributed by atoms with Gasteiger partial charge in [0.2, 0.25) is 0 Å². The Bertz CT molecular complexity index is 657. The normalized spacial score (nSPS) is 11.3. The molecule has 6 heteroatoms. The smallest absolute Gasteiger partial charge is 0.351 e. The number of H-pyrrole nitrogens is 1. The van der Waals surface area contributed by atoms with Crippen LogP contribution in [0.5, 0.6) is 5.88 Å². The maximum Gasteiger partial charge on any atom is 0.351 e. The average molecular weight is 281 g/mol. The van der Waals surface area contributed by atoms with E-state index in [2.05, 4.69) is 18.8 Å². The van der Waals surface area contributed by atoms with Gasteiger partial charge in [0.15, 0.2) is 11.3 Å². The second-order valence-electron chi connectivity index (χ2n) is 4.94. The van der Waals surface area contributed by atoms with Gasteiger partial charge in [-0.3, -0.25) is 4.79 Å². The van der Waals surface area contributed by atoms with E-state index in [4.69, 9.17) is 0 Å². The lowest BCUT2D eigenvalue weighted by molar-refractivity contribution is -0.521. The van der Waals surface area contributed by atoms with E-state index in [0.717, 1.165) is 12.8 Å². The Morgan fingerprint density at radius 3 is 2.95 bits per heavy atom. The van der Waals surface area contributed by atoms with Crippen LogP contribution < -0.4 is 9.96 Å². The highest BCUT2D eigenvalue weighted by Crippen LogP contribution is 2.15. The van der Waals surface area contributed by atoms with Crippen LogP contribution in [0.15, 0.2) is 16.4 Å². The minimum Gasteiger partial charge on any atom is -0.477 e. The van der Waals surface area contributed by atoms with Crippen LogP contribution in [-0.2, 0) is 0 Å². The van der Waals surface area contributed by atoms with Crippen molar-refractivity contribution in [3.8, 4) is 5.88 Å². The third-order valence-corrected chi connectivity index (χ3v) is 3.75. The number of hydrogen-bond donors (Lipinski definition) is 2. The van der Waals surface area contributed by atoms with E-state index < -0.39 is 5.56 Å². The monoisotopic (exact) mass is 281 g/mol. The minimum atomic E-state index is -0.519. The topological polar surface area (TPSA) is 74.3 Å². The van der Waals surface area contributed by atoms with Gasteiger partial charge in [0, 0.05) is 11.8 Å². The number of fused-ring (bicyclic) bond motifs is 1. The van der Waals surface area contributed by atoms with Crippen LogP contribution in [0, 0.1) is 5.92 Å². The molecule has 0 atom stereocenters. The molecule has 0 aromatic carbocycles. The van der Waals surface area contributed by atoms with E-state index in [-0.39, 0.29) is 23.6 Å². The molecule has 2 N–H and O–H groups in total. The fourth-order valence-corrected chi connectivity index (χ4v) is 2.69. The number of nitrogens with zero attached hydrogens (tertiary/aromatic N) is 1. The van der Waals surface area contributed by atoms with E-state index in [1.165, 1.54) is 15.7 Å². The van der Waals surface area contributed by atoms with Crippen LogP contribution >= 0.6 is 11.3 Å². The Morgan fingerprint density at radius 1 is 1.53 bits per heavy atom. The maximum atomic E-state index is 12.0. The van der Waals surface area contributed by atoms with Crippen molar-refractivity contribution in [1.29, 1.82) is 0 Å². The van der Waals surface area contributed by atoms with Crippen LogP contribution in [0.2, 0.25) is 0 Å². The van der Waals surface area contributed by atoms with Crippen molar-refractivity contribution >= 4 is 22.1 Å². The number of carbonyl (C=O) groups is 1. The number of aromatic nitrogens is 2. The van der Waals surface area contributed by atoms with Gasteiger partial charge >= 0.3 is 16.4 Å². The van der Waals surface area contributed by atoms with Crippen molar-refractivity contribution in [2.75, 3.05) is 0 Å². The van der Waals surface area contributed by atoms with Crippen LogP contribution in [-0.4, -0.2) is 15.9 Å². The quantitative estimate of drug-likeness (QED) is 0.649. The number of ketones is 1. The summed E-state index contributed by atoms with van der Waals surface area (Å²) in [6, 6.07) is 0. The molecule has 19 heavy (non-hydrogen) atoms. The molecule has 0 radical (unpaired) electrons. The molecular formula is C13H17N2O3S+. The van der Waals surface area contributed by atoms with Gasteiger partial charge in [0.25, 0.3) is 0 Å². The molecule has 0 aliphatic rings. The summed E-state index contributed by atoms with van der Waals surface area (Å²) in [5, 5.41) is 11.8. The first kappa shape index (κ1) is 13.7. The molecule has 0 unspecified atom stereocenters. The number of aromatic hydroxyl groups is 1. The third kappa shape index (κ3) is 2.84. The van der Waals surface area contributed by atoms with Crippen molar-refractivity contribution in [1.82, 2.24) is 4.98 Å². The van der Waals surface area contributed by atoms with Crippen LogP contribution in [0.25, 0.3) is 4.96 Å². The second kappa shape index (κ2) is 5.52. The Labute approximate surface area is 114 Å². The first-order valence-corrected chi connectivity index (χ1v) is 7.16. The summed E-state index contributed by atoms with van der Waals surface area (Å²) in [4.78, 5) is 27.0. The lowest BCUT2D eigenvalue weighted by Gasteiger charge is -2.03. The van der Waals surface area contributed by atoms with E-state index in [1.54, 1.807) is 11.6 Å². The Kier molecular flexibility index (Phi) is 3.99. The zero-order valence-electron chi connectivity index (χ0n) is 11.0. The van der Waals surface area contributed by atoms with Crippen molar-refractivity contribution in [3.63, 3.8) is 0 Å².